The molecule has 2 N–H and O–H groups in total. The Hall–Kier alpha value is -2.66. The first-order valence-electron chi connectivity index (χ1n) is 9.36. The average Bonchev–Trinajstić information content (AvgIpc) is 2.60. The summed E-state index contributed by atoms with van der Waals surface area (Å²) in [5, 5.41) is 7.90. The maximum Gasteiger partial charge on any atom is 0.336 e. The zero-order valence-electron chi connectivity index (χ0n) is 16.9. The predicted octanol–water partition coefficient (Wildman–Crippen LogP) is 5.45. The second-order valence-corrected chi connectivity index (χ2v) is 8.56. The van der Waals surface area contributed by atoms with Gasteiger partial charge in [-0.25, -0.2) is 4.79 Å². The molecule has 0 spiro atoms. The van der Waals surface area contributed by atoms with E-state index in [0.717, 1.165) is 22.2 Å². The van der Waals surface area contributed by atoms with Gasteiger partial charge in [-0.3, -0.25) is 0 Å². The van der Waals surface area contributed by atoms with Crippen LogP contribution < -0.4 is 16.3 Å². The van der Waals surface area contributed by atoms with Gasteiger partial charge < -0.3 is 15.1 Å². The standard InChI is InChI=1S/C23H26N2O2S/c1-14-12-21(26)27-20-13-18(10-11-19(14)20)25-22(28)24-15(2)16-6-8-17(9-7-16)23(3,4)5/h6-13,15H,1-5H3,(H2,24,25,28). The van der Waals surface area contributed by atoms with Gasteiger partial charge in [0.15, 0.2) is 5.11 Å². The number of anilines is 1. The van der Waals surface area contributed by atoms with Crippen LogP contribution >= 0.6 is 12.2 Å². The second-order valence-electron chi connectivity index (χ2n) is 8.15. The Kier molecular flexibility index (Phi) is 5.57. The molecule has 0 amide bonds. The average molecular weight is 395 g/mol. The molecule has 28 heavy (non-hydrogen) atoms. The van der Waals surface area contributed by atoms with Gasteiger partial charge in [0.2, 0.25) is 0 Å². The normalized spacial score (nSPS) is 12.6. The molecule has 0 aliphatic rings. The summed E-state index contributed by atoms with van der Waals surface area (Å²) in [5.74, 6) is 0. The van der Waals surface area contributed by atoms with E-state index in [4.69, 9.17) is 16.6 Å². The monoisotopic (exact) mass is 394 g/mol. The van der Waals surface area contributed by atoms with Gasteiger partial charge in [0, 0.05) is 23.2 Å². The Labute approximate surface area is 171 Å². The van der Waals surface area contributed by atoms with E-state index in [1.54, 1.807) is 6.07 Å². The molecule has 146 valence electrons. The summed E-state index contributed by atoms with van der Waals surface area (Å²) in [5.41, 5.74) is 4.46. The molecule has 1 atom stereocenters. The zero-order valence-corrected chi connectivity index (χ0v) is 17.7. The van der Waals surface area contributed by atoms with Crippen LogP contribution in [0.5, 0.6) is 0 Å². The minimum absolute atomic E-state index is 0.0645. The SMILES string of the molecule is Cc1cc(=O)oc2cc(NC(=S)NC(C)c3ccc(C(C)(C)C)cc3)ccc12. The van der Waals surface area contributed by atoms with Crippen molar-refractivity contribution >= 4 is 34.0 Å². The fourth-order valence-electron chi connectivity index (χ4n) is 3.12. The number of nitrogens with one attached hydrogen (secondary N) is 2. The maximum atomic E-state index is 11.6. The van der Waals surface area contributed by atoms with Gasteiger partial charge >= 0.3 is 5.63 Å². The Morgan fingerprint density at radius 3 is 2.39 bits per heavy atom. The highest BCUT2D eigenvalue weighted by atomic mass is 32.1. The summed E-state index contributed by atoms with van der Waals surface area (Å²) in [7, 11) is 0. The molecule has 5 heteroatoms. The number of rotatable bonds is 3. The van der Waals surface area contributed by atoms with E-state index in [0.29, 0.717) is 10.7 Å². The van der Waals surface area contributed by atoms with Gasteiger partial charge in [-0.2, -0.15) is 0 Å². The topological polar surface area (TPSA) is 54.3 Å². The summed E-state index contributed by atoms with van der Waals surface area (Å²) < 4.78 is 5.29. The van der Waals surface area contributed by atoms with Crippen molar-refractivity contribution in [2.24, 2.45) is 0 Å². The number of hydrogen-bond donors (Lipinski definition) is 2. The van der Waals surface area contributed by atoms with Crippen LogP contribution in [0.15, 0.2) is 57.7 Å². The fourth-order valence-corrected chi connectivity index (χ4v) is 3.42. The van der Waals surface area contributed by atoms with Crippen molar-refractivity contribution in [1.82, 2.24) is 5.32 Å². The molecule has 0 saturated heterocycles. The van der Waals surface area contributed by atoms with E-state index in [1.165, 1.54) is 11.6 Å². The summed E-state index contributed by atoms with van der Waals surface area (Å²) in [6.45, 7) is 10.6. The van der Waals surface area contributed by atoms with Gasteiger partial charge in [-0.1, -0.05) is 45.0 Å². The van der Waals surface area contributed by atoms with Crippen molar-refractivity contribution in [2.45, 2.75) is 46.1 Å². The van der Waals surface area contributed by atoms with Crippen LogP contribution in [0.25, 0.3) is 11.0 Å². The first-order chi connectivity index (χ1) is 13.1. The van der Waals surface area contributed by atoms with Crippen molar-refractivity contribution in [3.8, 4) is 0 Å². The summed E-state index contributed by atoms with van der Waals surface area (Å²) >= 11 is 5.46. The number of thiocarbonyl (C=S) groups is 1. The van der Waals surface area contributed by atoms with E-state index in [9.17, 15) is 4.79 Å². The lowest BCUT2D eigenvalue weighted by Gasteiger charge is -2.21. The third-order valence-electron chi connectivity index (χ3n) is 4.83. The van der Waals surface area contributed by atoms with Gasteiger partial charge in [0.25, 0.3) is 0 Å². The molecule has 0 bridgehead atoms. The molecular formula is C23H26N2O2S. The molecule has 0 radical (unpaired) electrons. The lowest BCUT2D eigenvalue weighted by atomic mass is 9.86. The van der Waals surface area contributed by atoms with Crippen LogP contribution in [-0.4, -0.2) is 5.11 Å². The second kappa shape index (κ2) is 7.76. The highest BCUT2D eigenvalue weighted by molar-refractivity contribution is 7.80. The number of hydrogen-bond acceptors (Lipinski definition) is 3. The van der Waals surface area contributed by atoms with Crippen molar-refractivity contribution in [3.63, 3.8) is 0 Å². The minimum atomic E-state index is -0.352. The van der Waals surface area contributed by atoms with Gasteiger partial charge in [-0.05, 0) is 60.3 Å². The Balaban J connectivity index is 1.69. The molecule has 0 fully saturated rings. The van der Waals surface area contributed by atoms with Crippen LogP contribution in [-0.2, 0) is 5.41 Å². The molecule has 2 aromatic carbocycles. The van der Waals surface area contributed by atoms with Gasteiger partial charge in [0.05, 0.1) is 6.04 Å². The highest BCUT2D eigenvalue weighted by Gasteiger charge is 2.14. The van der Waals surface area contributed by atoms with Crippen LogP contribution in [0.4, 0.5) is 5.69 Å². The third kappa shape index (κ3) is 4.60. The summed E-state index contributed by atoms with van der Waals surface area (Å²) in [6.07, 6.45) is 0. The smallest absolute Gasteiger partial charge is 0.336 e. The van der Waals surface area contributed by atoms with Crippen LogP contribution in [0, 0.1) is 6.92 Å². The summed E-state index contributed by atoms with van der Waals surface area (Å²) in [6, 6.07) is 15.8. The van der Waals surface area contributed by atoms with E-state index in [1.807, 2.05) is 19.1 Å². The molecule has 0 aliphatic heterocycles. The van der Waals surface area contributed by atoms with E-state index >= 15 is 0 Å². The van der Waals surface area contributed by atoms with Gasteiger partial charge in [0.1, 0.15) is 5.58 Å². The molecule has 1 heterocycles. The third-order valence-corrected chi connectivity index (χ3v) is 5.05. The molecule has 0 aliphatic carbocycles. The van der Waals surface area contributed by atoms with Crippen molar-refractivity contribution in [3.05, 3.63) is 75.6 Å². The molecule has 1 aromatic heterocycles. The predicted molar refractivity (Wildman–Crippen MR) is 120 cm³/mol. The summed E-state index contributed by atoms with van der Waals surface area (Å²) in [4.78, 5) is 11.6. The molecule has 0 saturated carbocycles. The molecule has 1 unspecified atom stereocenters. The minimum Gasteiger partial charge on any atom is -0.423 e. The highest BCUT2D eigenvalue weighted by Crippen LogP contribution is 2.24. The Morgan fingerprint density at radius 1 is 1.07 bits per heavy atom. The zero-order chi connectivity index (χ0) is 20.5. The quantitative estimate of drug-likeness (QED) is 0.457. The molecule has 3 aromatic rings. The van der Waals surface area contributed by atoms with Crippen molar-refractivity contribution in [1.29, 1.82) is 0 Å². The maximum absolute atomic E-state index is 11.6. The number of fused-ring (bicyclic) bond motifs is 1. The molecule has 3 rings (SSSR count). The Bertz CT molecular complexity index is 1060. The van der Waals surface area contributed by atoms with Crippen molar-refractivity contribution in [2.75, 3.05) is 5.32 Å². The first kappa shape index (κ1) is 20.1. The van der Waals surface area contributed by atoms with Crippen LogP contribution in [0.2, 0.25) is 0 Å². The number of aryl methyl sites for hydroxylation is 1. The van der Waals surface area contributed by atoms with Crippen LogP contribution in [0.1, 0.15) is 50.4 Å². The fraction of sp³-hybridized carbons (Fsp3) is 0.304. The van der Waals surface area contributed by atoms with Crippen molar-refractivity contribution < 1.29 is 4.42 Å². The van der Waals surface area contributed by atoms with Crippen LogP contribution in [0.3, 0.4) is 0 Å². The van der Waals surface area contributed by atoms with E-state index < -0.39 is 0 Å². The Morgan fingerprint density at radius 2 is 1.75 bits per heavy atom. The largest absolute Gasteiger partial charge is 0.423 e. The van der Waals surface area contributed by atoms with E-state index in [-0.39, 0.29) is 17.1 Å². The number of benzene rings is 2. The first-order valence-corrected chi connectivity index (χ1v) is 9.77. The molecule has 4 nitrogen and oxygen atoms in total. The lowest BCUT2D eigenvalue weighted by molar-refractivity contribution is 0.560. The van der Waals surface area contributed by atoms with Gasteiger partial charge in [-0.15, -0.1) is 0 Å². The lowest BCUT2D eigenvalue weighted by Crippen LogP contribution is -2.30. The molecular weight excluding hydrogens is 368 g/mol. The van der Waals surface area contributed by atoms with E-state index in [2.05, 4.69) is 62.6 Å².